The quantitative estimate of drug-likeness (QED) is 0.487. The van der Waals surface area contributed by atoms with Crippen molar-refractivity contribution in [3.63, 3.8) is 0 Å². The Bertz CT molecular complexity index is 386. The highest BCUT2D eigenvalue weighted by Gasteiger charge is 2.26. The highest BCUT2D eigenvalue weighted by molar-refractivity contribution is 5.41. The van der Waals surface area contributed by atoms with E-state index in [0.29, 0.717) is 44.5 Å². The summed E-state index contributed by atoms with van der Waals surface area (Å²) in [7, 11) is 0. The Morgan fingerprint density at radius 1 is 1.00 bits per heavy atom. The molecule has 1 aromatic carbocycles. The SMILES string of the molecule is CCOCCOCCOC(C)OC1Oc2ccccc2O1. The molecule has 0 aliphatic carbocycles. The Hall–Kier alpha value is -1.34. The summed E-state index contributed by atoms with van der Waals surface area (Å²) in [5.74, 6) is 1.35. The van der Waals surface area contributed by atoms with Crippen LogP contribution >= 0.6 is 0 Å². The first-order valence-electron chi connectivity index (χ1n) is 7.14. The smallest absolute Gasteiger partial charge is 0.363 e. The molecule has 1 aliphatic heterocycles. The van der Waals surface area contributed by atoms with Gasteiger partial charge in [0.05, 0.1) is 26.4 Å². The van der Waals surface area contributed by atoms with Crippen LogP contribution in [0.4, 0.5) is 0 Å². The molecule has 0 saturated heterocycles. The molecular formula is C15H22O6. The molecule has 21 heavy (non-hydrogen) atoms. The molecule has 0 bridgehead atoms. The molecule has 118 valence electrons. The van der Waals surface area contributed by atoms with Crippen LogP contribution in [-0.4, -0.2) is 45.8 Å². The molecule has 2 rings (SSSR count). The number of benzene rings is 1. The normalized spacial score (nSPS) is 15.3. The van der Waals surface area contributed by atoms with Gasteiger partial charge in [0.2, 0.25) is 0 Å². The third kappa shape index (κ3) is 5.51. The van der Waals surface area contributed by atoms with Crippen molar-refractivity contribution in [2.24, 2.45) is 0 Å². The maximum atomic E-state index is 5.49. The Kier molecular flexibility index (Phi) is 6.75. The monoisotopic (exact) mass is 298 g/mol. The third-order valence-electron chi connectivity index (χ3n) is 2.75. The van der Waals surface area contributed by atoms with E-state index in [-0.39, 0.29) is 0 Å². The lowest BCUT2D eigenvalue weighted by Gasteiger charge is -2.17. The number of rotatable bonds is 10. The zero-order chi connectivity index (χ0) is 14.9. The van der Waals surface area contributed by atoms with Crippen LogP contribution in [0.2, 0.25) is 0 Å². The molecule has 0 amide bonds. The second-order valence-electron chi connectivity index (χ2n) is 4.35. The lowest BCUT2D eigenvalue weighted by molar-refractivity contribution is -0.266. The Labute approximate surface area is 124 Å². The van der Waals surface area contributed by atoms with Gasteiger partial charge in [-0.05, 0) is 26.0 Å². The predicted molar refractivity (Wildman–Crippen MR) is 75.3 cm³/mol. The molecule has 1 atom stereocenters. The average molecular weight is 298 g/mol. The van der Waals surface area contributed by atoms with Crippen molar-refractivity contribution in [2.45, 2.75) is 26.6 Å². The summed E-state index contributed by atoms with van der Waals surface area (Å²) in [5.41, 5.74) is 0. The maximum Gasteiger partial charge on any atom is 0.363 e. The number of hydrogen-bond donors (Lipinski definition) is 0. The molecular weight excluding hydrogens is 276 g/mol. The van der Waals surface area contributed by atoms with Crippen molar-refractivity contribution in [1.82, 2.24) is 0 Å². The van der Waals surface area contributed by atoms with Gasteiger partial charge in [-0.25, -0.2) is 0 Å². The van der Waals surface area contributed by atoms with E-state index in [4.69, 9.17) is 28.4 Å². The van der Waals surface area contributed by atoms with E-state index in [9.17, 15) is 0 Å². The van der Waals surface area contributed by atoms with Crippen molar-refractivity contribution in [3.05, 3.63) is 24.3 Å². The summed E-state index contributed by atoms with van der Waals surface area (Å²) in [6.45, 7) is 5.77. The molecule has 6 heteroatoms. The van der Waals surface area contributed by atoms with Crippen LogP contribution in [0.15, 0.2) is 24.3 Å². The molecule has 1 aromatic rings. The van der Waals surface area contributed by atoms with E-state index in [1.165, 1.54) is 0 Å². The van der Waals surface area contributed by atoms with Gasteiger partial charge in [-0.3, -0.25) is 4.74 Å². The van der Waals surface area contributed by atoms with Crippen LogP contribution in [0.5, 0.6) is 11.5 Å². The van der Waals surface area contributed by atoms with Gasteiger partial charge in [-0.1, -0.05) is 12.1 Å². The van der Waals surface area contributed by atoms with Crippen LogP contribution < -0.4 is 9.47 Å². The van der Waals surface area contributed by atoms with Crippen molar-refractivity contribution in [1.29, 1.82) is 0 Å². The summed E-state index contributed by atoms with van der Waals surface area (Å²) in [6.07, 6.45) is -0.445. The van der Waals surface area contributed by atoms with Crippen LogP contribution in [-0.2, 0) is 18.9 Å². The van der Waals surface area contributed by atoms with E-state index in [1.54, 1.807) is 6.92 Å². The van der Waals surface area contributed by atoms with E-state index in [2.05, 4.69) is 0 Å². The van der Waals surface area contributed by atoms with Gasteiger partial charge >= 0.3 is 6.48 Å². The van der Waals surface area contributed by atoms with Gasteiger partial charge in [0, 0.05) is 6.61 Å². The molecule has 1 heterocycles. The number of ether oxygens (including phenoxy) is 6. The van der Waals surface area contributed by atoms with Crippen molar-refractivity contribution >= 4 is 0 Å². The second-order valence-corrected chi connectivity index (χ2v) is 4.35. The average Bonchev–Trinajstić information content (AvgIpc) is 2.88. The maximum absolute atomic E-state index is 5.49. The van der Waals surface area contributed by atoms with E-state index < -0.39 is 12.8 Å². The number of para-hydroxylation sites is 2. The molecule has 0 aromatic heterocycles. The van der Waals surface area contributed by atoms with Crippen molar-refractivity contribution in [2.75, 3.05) is 33.0 Å². The van der Waals surface area contributed by atoms with Crippen molar-refractivity contribution < 1.29 is 28.4 Å². The molecule has 0 N–H and O–H groups in total. The van der Waals surface area contributed by atoms with Crippen LogP contribution in [0.1, 0.15) is 13.8 Å². The Morgan fingerprint density at radius 2 is 1.62 bits per heavy atom. The third-order valence-corrected chi connectivity index (χ3v) is 2.75. The Balaban J connectivity index is 1.54. The zero-order valence-corrected chi connectivity index (χ0v) is 12.4. The van der Waals surface area contributed by atoms with Gasteiger partial charge in [0.1, 0.15) is 0 Å². The number of hydrogen-bond acceptors (Lipinski definition) is 6. The lowest BCUT2D eigenvalue weighted by Crippen LogP contribution is -2.29. The first-order valence-corrected chi connectivity index (χ1v) is 7.14. The second kappa shape index (κ2) is 8.84. The summed E-state index contributed by atoms with van der Waals surface area (Å²) in [5, 5.41) is 0. The summed E-state index contributed by atoms with van der Waals surface area (Å²) in [4.78, 5) is 0. The molecule has 1 unspecified atom stereocenters. The van der Waals surface area contributed by atoms with Gasteiger partial charge in [-0.15, -0.1) is 0 Å². The molecule has 0 fully saturated rings. The standard InChI is InChI=1S/C15H22O6/c1-3-16-8-9-17-10-11-18-12(2)19-15-20-13-6-4-5-7-14(13)21-15/h4-7,12,15H,3,8-11H2,1-2H3. The highest BCUT2D eigenvalue weighted by Crippen LogP contribution is 2.34. The fourth-order valence-corrected chi connectivity index (χ4v) is 1.76. The summed E-state index contributed by atoms with van der Waals surface area (Å²) < 4.78 is 32.4. The molecule has 1 aliphatic rings. The van der Waals surface area contributed by atoms with Gasteiger partial charge < -0.3 is 23.7 Å². The minimum absolute atomic E-state index is 0.437. The van der Waals surface area contributed by atoms with Gasteiger partial charge in [0.25, 0.3) is 0 Å². The Morgan fingerprint density at radius 3 is 2.29 bits per heavy atom. The van der Waals surface area contributed by atoms with E-state index in [1.807, 2.05) is 31.2 Å². The zero-order valence-electron chi connectivity index (χ0n) is 12.4. The minimum atomic E-state index is -0.767. The fourth-order valence-electron chi connectivity index (χ4n) is 1.76. The van der Waals surface area contributed by atoms with Gasteiger partial charge in [-0.2, -0.15) is 0 Å². The van der Waals surface area contributed by atoms with Gasteiger partial charge in [0.15, 0.2) is 17.8 Å². The lowest BCUT2D eigenvalue weighted by atomic mass is 10.3. The highest BCUT2D eigenvalue weighted by atomic mass is 16.9. The first kappa shape index (κ1) is 16.0. The van der Waals surface area contributed by atoms with Crippen LogP contribution in [0.25, 0.3) is 0 Å². The first-order chi connectivity index (χ1) is 10.3. The predicted octanol–water partition coefficient (Wildman–Crippen LogP) is 2.17. The topological polar surface area (TPSA) is 55.4 Å². The largest absolute Gasteiger partial charge is 0.428 e. The minimum Gasteiger partial charge on any atom is -0.428 e. The molecule has 6 nitrogen and oxygen atoms in total. The fraction of sp³-hybridized carbons (Fsp3) is 0.600. The van der Waals surface area contributed by atoms with Crippen LogP contribution in [0.3, 0.4) is 0 Å². The molecule has 0 radical (unpaired) electrons. The van der Waals surface area contributed by atoms with E-state index in [0.717, 1.165) is 0 Å². The molecule has 0 saturated carbocycles. The number of fused-ring (bicyclic) bond motifs is 1. The van der Waals surface area contributed by atoms with E-state index >= 15 is 0 Å². The summed E-state index contributed by atoms with van der Waals surface area (Å²) >= 11 is 0. The van der Waals surface area contributed by atoms with Crippen molar-refractivity contribution in [3.8, 4) is 11.5 Å². The summed E-state index contributed by atoms with van der Waals surface area (Å²) in [6, 6.07) is 7.42. The van der Waals surface area contributed by atoms with Crippen LogP contribution in [0, 0.1) is 0 Å². The molecule has 0 spiro atoms.